The molecule has 0 saturated heterocycles. The van der Waals surface area contributed by atoms with Crippen molar-refractivity contribution in [3.05, 3.63) is 48.1 Å². The van der Waals surface area contributed by atoms with Crippen LogP contribution in [0.4, 0.5) is 0 Å². The van der Waals surface area contributed by atoms with Crippen LogP contribution < -0.4 is 0 Å². The van der Waals surface area contributed by atoms with Crippen molar-refractivity contribution in [2.45, 2.75) is 187 Å². The van der Waals surface area contributed by atoms with E-state index in [9.17, 15) is 9.90 Å². The zero-order valence-electron chi connectivity index (χ0n) is 27.0. The molecule has 0 unspecified atom stereocenters. The summed E-state index contributed by atoms with van der Waals surface area (Å²) in [6, 6.07) is 0. The van der Waals surface area contributed by atoms with Crippen molar-refractivity contribution in [3.63, 3.8) is 0 Å². The molecule has 0 fully saturated rings. The Bertz CT molecular complexity index is 640. The van der Waals surface area contributed by atoms with E-state index in [4.69, 9.17) is 0 Å². The van der Waals surface area contributed by atoms with E-state index in [-0.39, 0.29) is 0 Å². The van der Waals surface area contributed by atoms with E-state index in [0.717, 1.165) is 38.5 Å². The smallest absolute Gasteiger partial charge is 0.331 e. The minimum atomic E-state index is -0.713. The Hall–Kier alpha value is -1.57. The molecular formula is C38H68O2. The third-order valence-corrected chi connectivity index (χ3v) is 7.78. The molecule has 0 amide bonds. The van der Waals surface area contributed by atoms with E-state index in [1.807, 2.05) is 6.08 Å². The number of carboxylic acid groups (broad SMARTS) is 1. The summed E-state index contributed by atoms with van der Waals surface area (Å²) in [4.78, 5) is 11.6. The van der Waals surface area contributed by atoms with E-state index >= 15 is 0 Å². The van der Waals surface area contributed by atoms with E-state index in [1.165, 1.54) is 135 Å². The van der Waals surface area contributed by atoms with Crippen molar-refractivity contribution in [2.75, 3.05) is 0 Å². The van der Waals surface area contributed by atoms with Crippen LogP contribution in [0.5, 0.6) is 0 Å². The van der Waals surface area contributed by atoms with Crippen molar-refractivity contribution in [1.29, 1.82) is 0 Å². The fourth-order valence-corrected chi connectivity index (χ4v) is 5.09. The van der Waals surface area contributed by atoms with E-state index < -0.39 is 5.97 Å². The number of aliphatic carboxylic acids is 1. The summed E-state index contributed by atoms with van der Waals surface area (Å²) in [6.07, 6.45) is 49.2. The molecule has 0 heterocycles. The molecule has 0 aromatic rings. The van der Waals surface area contributed by atoms with Crippen LogP contribution in [0.15, 0.2) is 48.1 Å². The van der Waals surface area contributed by atoms with Crippen LogP contribution in [0.3, 0.4) is 0 Å². The monoisotopic (exact) mass is 557 g/mol. The average molecular weight is 557 g/mol. The van der Waals surface area contributed by atoms with Crippen molar-refractivity contribution in [3.8, 4) is 0 Å². The average Bonchev–Trinajstić information content (AvgIpc) is 2.95. The molecule has 0 saturated carbocycles. The van der Waals surface area contributed by atoms with Gasteiger partial charge in [-0.05, 0) is 83.5 Å². The lowest BCUT2D eigenvalue weighted by molar-refractivity contribution is -0.132. The first-order chi connectivity index (χ1) is 19.7. The summed E-state index contributed by atoms with van der Waals surface area (Å²) < 4.78 is 0. The minimum absolute atomic E-state index is 0.639. The molecular weight excluding hydrogens is 488 g/mol. The standard InChI is InChI=1S/C38H68O2/c1-3-5-7-9-11-13-15-17-19-21-23-25-27-29-31-33-35-37(38(39)40)36-34-32-30-28-26-24-22-20-18-16-14-12-10-8-6-4-2/h11,13,17-20,36H,3-10,12,14-16,21-35H2,1-2H3,(H,39,40). The fourth-order valence-electron chi connectivity index (χ4n) is 5.09. The normalized spacial score (nSPS) is 12.5. The zero-order valence-corrected chi connectivity index (χ0v) is 27.0. The predicted molar refractivity (Wildman–Crippen MR) is 179 cm³/mol. The zero-order chi connectivity index (χ0) is 29.2. The third-order valence-electron chi connectivity index (χ3n) is 7.78. The molecule has 0 rings (SSSR count). The maximum Gasteiger partial charge on any atom is 0.331 e. The van der Waals surface area contributed by atoms with Crippen LogP contribution in [0.25, 0.3) is 0 Å². The van der Waals surface area contributed by atoms with Gasteiger partial charge in [-0.3, -0.25) is 0 Å². The quantitative estimate of drug-likeness (QED) is 0.0523. The van der Waals surface area contributed by atoms with Gasteiger partial charge in [-0.2, -0.15) is 0 Å². The van der Waals surface area contributed by atoms with Gasteiger partial charge in [0.15, 0.2) is 0 Å². The molecule has 0 bridgehead atoms. The number of hydrogen-bond donors (Lipinski definition) is 1. The highest BCUT2D eigenvalue weighted by Crippen LogP contribution is 2.16. The lowest BCUT2D eigenvalue weighted by atomic mass is 10.0. The second-order valence-electron chi connectivity index (χ2n) is 11.7. The molecule has 40 heavy (non-hydrogen) atoms. The van der Waals surface area contributed by atoms with Crippen LogP contribution in [0.1, 0.15) is 187 Å². The van der Waals surface area contributed by atoms with Gasteiger partial charge in [-0.15, -0.1) is 0 Å². The minimum Gasteiger partial charge on any atom is -0.478 e. The molecule has 2 nitrogen and oxygen atoms in total. The van der Waals surface area contributed by atoms with Crippen molar-refractivity contribution < 1.29 is 9.90 Å². The Balaban J connectivity index is 3.59. The number of unbranched alkanes of at least 4 members (excludes halogenated alkanes) is 21. The molecule has 0 aliphatic carbocycles. The van der Waals surface area contributed by atoms with Crippen molar-refractivity contribution in [2.24, 2.45) is 0 Å². The Morgan fingerprint density at radius 1 is 0.450 bits per heavy atom. The van der Waals surface area contributed by atoms with Gasteiger partial charge < -0.3 is 5.11 Å². The topological polar surface area (TPSA) is 37.3 Å². The van der Waals surface area contributed by atoms with Gasteiger partial charge >= 0.3 is 5.97 Å². The van der Waals surface area contributed by atoms with Gasteiger partial charge in [0, 0.05) is 5.57 Å². The Kier molecular flexibility index (Phi) is 32.3. The first-order valence-corrected chi connectivity index (χ1v) is 17.6. The molecule has 0 aliphatic heterocycles. The van der Waals surface area contributed by atoms with E-state index in [2.05, 4.69) is 50.3 Å². The lowest BCUT2D eigenvalue weighted by Gasteiger charge is -2.04. The van der Waals surface area contributed by atoms with Crippen molar-refractivity contribution in [1.82, 2.24) is 0 Å². The SMILES string of the molecule is CCCCCC=CCC=CCCCCCCCCC(=CCCCCCCCC=CCCCCCCCC)C(=O)O. The summed E-state index contributed by atoms with van der Waals surface area (Å²) in [5.74, 6) is -0.713. The Morgan fingerprint density at radius 2 is 0.800 bits per heavy atom. The van der Waals surface area contributed by atoms with Crippen LogP contribution >= 0.6 is 0 Å². The molecule has 2 heteroatoms. The van der Waals surface area contributed by atoms with Crippen LogP contribution in [0, 0.1) is 0 Å². The first kappa shape index (κ1) is 38.4. The van der Waals surface area contributed by atoms with Gasteiger partial charge in [0.05, 0.1) is 0 Å². The molecule has 0 aromatic carbocycles. The van der Waals surface area contributed by atoms with Gasteiger partial charge in [-0.1, -0.05) is 146 Å². The highest BCUT2D eigenvalue weighted by Gasteiger charge is 2.06. The summed E-state index contributed by atoms with van der Waals surface area (Å²) in [7, 11) is 0. The van der Waals surface area contributed by atoms with Crippen LogP contribution in [0.2, 0.25) is 0 Å². The Labute approximate surface area is 250 Å². The number of carboxylic acids is 1. The van der Waals surface area contributed by atoms with E-state index in [1.54, 1.807) is 0 Å². The molecule has 0 spiro atoms. The number of hydrogen-bond acceptors (Lipinski definition) is 1. The molecule has 0 aliphatic rings. The largest absolute Gasteiger partial charge is 0.478 e. The predicted octanol–water partition coefficient (Wildman–Crippen LogP) is 13.2. The molecule has 0 aromatic heterocycles. The molecule has 232 valence electrons. The highest BCUT2D eigenvalue weighted by atomic mass is 16.4. The number of rotatable bonds is 31. The van der Waals surface area contributed by atoms with Crippen LogP contribution in [-0.4, -0.2) is 11.1 Å². The fraction of sp³-hybridized carbons (Fsp3) is 0.763. The second-order valence-corrected chi connectivity index (χ2v) is 11.7. The number of allylic oxidation sites excluding steroid dienone is 7. The van der Waals surface area contributed by atoms with Crippen molar-refractivity contribution >= 4 is 5.97 Å². The van der Waals surface area contributed by atoms with Gasteiger partial charge in [0.25, 0.3) is 0 Å². The van der Waals surface area contributed by atoms with Gasteiger partial charge in [-0.25, -0.2) is 4.79 Å². The van der Waals surface area contributed by atoms with E-state index in [0.29, 0.717) is 5.57 Å². The van der Waals surface area contributed by atoms with Gasteiger partial charge in [0.1, 0.15) is 0 Å². The second kappa shape index (κ2) is 33.6. The molecule has 0 radical (unpaired) electrons. The first-order valence-electron chi connectivity index (χ1n) is 17.6. The summed E-state index contributed by atoms with van der Waals surface area (Å²) in [5, 5.41) is 9.54. The molecule has 1 N–H and O–H groups in total. The summed E-state index contributed by atoms with van der Waals surface area (Å²) in [5.41, 5.74) is 0.639. The highest BCUT2D eigenvalue weighted by molar-refractivity contribution is 5.86. The van der Waals surface area contributed by atoms with Crippen LogP contribution in [-0.2, 0) is 4.79 Å². The summed E-state index contributed by atoms with van der Waals surface area (Å²) in [6.45, 7) is 4.52. The molecule has 0 atom stereocenters. The maximum atomic E-state index is 11.6. The number of carbonyl (C=O) groups is 1. The third kappa shape index (κ3) is 31.0. The summed E-state index contributed by atoms with van der Waals surface area (Å²) >= 11 is 0. The maximum absolute atomic E-state index is 11.6. The Morgan fingerprint density at radius 3 is 1.27 bits per heavy atom. The lowest BCUT2D eigenvalue weighted by Crippen LogP contribution is -2.00. The van der Waals surface area contributed by atoms with Gasteiger partial charge in [0.2, 0.25) is 0 Å².